The largest absolute Gasteiger partial charge is 0.355 e. The van der Waals surface area contributed by atoms with Crippen LogP contribution < -0.4 is 11.1 Å². The molecule has 1 fully saturated rings. The van der Waals surface area contributed by atoms with Gasteiger partial charge in [-0.2, -0.15) is 0 Å². The van der Waals surface area contributed by atoms with Gasteiger partial charge in [-0.3, -0.25) is 9.59 Å². The van der Waals surface area contributed by atoms with Gasteiger partial charge in [0.2, 0.25) is 11.8 Å². The second-order valence-electron chi connectivity index (χ2n) is 5.31. The second kappa shape index (κ2) is 7.78. The molecule has 0 aromatic carbocycles. The third kappa shape index (κ3) is 4.56. The Kier molecular flexibility index (Phi) is 5.74. The molecule has 7 heteroatoms. The Morgan fingerprint density at radius 2 is 2.29 bits per heavy atom. The van der Waals surface area contributed by atoms with Crippen LogP contribution in [0.1, 0.15) is 19.3 Å². The fraction of sp³-hybridized carbons (Fsp3) is 0.643. The fourth-order valence-electron chi connectivity index (χ4n) is 2.56. The van der Waals surface area contributed by atoms with Crippen molar-refractivity contribution in [3.8, 4) is 0 Å². The minimum Gasteiger partial charge on any atom is -0.355 e. The molecular formula is C14H23N5O2. The first-order valence-corrected chi connectivity index (χ1v) is 7.42. The molecule has 0 saturated carbocycles. The highest BCUT2D eigenvalue weighted by Crippen LogP contribution is 2.17. The first-order valence-electron chi connectivity index (χ1n) is 7.42. The minimum atomic E-state index is -0.109. The first kappa shape index (κ1) is 15.5. The number of carbonyl (C=O) groups is 2. The maximum Gasteiger partial charge on any atom is 0.224 e. The lowest BCUT2D eigenvalue weighted by Crippen LogP contribution is -2.46. The third-order valence-corrected chi connectivity index (χ3v) is 3.73. The van der Waals surface area contributed by atoms with Crippen LogP contribution in [0.3, 0.4) is 0 Å². The molecule has 1 atom stereocenters. The fourth-order valence-corrected chi connectivity index (χ4v) is 2.56. The standard InChI is InChI=1S/C14H23N5O2/c15-4-5-17-14(21)12-2-1-7-19(10-12)13(20)3-8-18-9-6-16-11-18/h6,9,11-12H,1-5,7-8,10,15H2,(H,17,21). The van der Waals surface area contributed by atoms with E-state index in [1.807, 2.05) is 10.8 Å². The number of imidazole rings is 1. The summed E-state index contributed by atoms with van der Waals surface area (Å²) in [5.41, 5.74) is 5.38. The van der Waals surface area contributed by atoms with E-state index in [2.05, 4.69) is 10.3 Å². The molecule has 1 saturated heterocycles. The van der Waals surface area contributed by atoms with Gasteiger partial charge in [0, 0.05) is 51.5 Å². The Balaban J connectivity index is 1.79. The number of rotatable bonds is 6. The zero-order valence-electron chi connectivity index (χ0n) is 12.2. The van der Waals surface area contributed by atoms with E-state index in [4.69, 9.17) is 5.73 Å². The summed E-state index contributed by atoms with van der Waals surface area (Å²) >= 11 is 0. The number of carbonyl (C=O) groups excluding carboxylic acids is 2. The number of hydrogen-bond acceptors (Lipinski definition) is 4. The zero-order chi connectivity index (χ0) is 15.1. The number of aryl methyl sites for hydroxylation is 1. The van der Waals surface area contributed by atoms with Gasteiger partial charge in [-0.15, -0.1) is 0 Å². The van der Waals surface area contributed by atoms with Crippen LogP contribution in [0.2, 0.25) is 0 Å². The smallest absolute Gasteiger partial charge is 0.224 e. The van der Waals surface area contributed by atoms with Crippen molar-refractivity contribution >= 4 is 11.8 Å². The highest BCUT2D eigenvalue weighted by molar-refractivity contribution is 5.81. The SMILES string of the molecule is NCCNC(=O)C1CCCN(C(=O)CCn2ccnc2)C1. The van der Waals surface area contributed by atoms with E-state index in [1.165, 1.54) is 0 Å². The molecule has 1 aliphatic rings. The number of amides is 2. The van der Waals surface area contributed by atoms with Gasteiger partial charge in [-0.05, 0) is 12.8 Å². The van der Waals surface area contributed by atoms with E-state index < -0.39 is 0 Å². The Morgan fingerprint density at radius 3 is 3.00 bits per heavy atom. The summed E-state index contributed by atoms with van der Waals surface area (Å²) in [6.07, 6.45) is 7.38. The number of likely N-dealkylation sites (tertiary alicyclic amines) is 1. The zero-order valence-corrected chi connectivity index (χ0v) is 12.2. The van der Waals surface area contributed by atoms with Crippen molar-refractivity contribution in [3.05, 3.63) is 18.7 Å². The predicted molar refractivity (Wildman–Crippen MR) is 78.2 cm³/mol. The molecule has 116 valence electrons. The highest BCUT2D eigenvalue weighted by Gasteiger charge is 2.27. The lowest BCUT2D eigenvalue weighted by molar-refractivity contribution is -0.135. The summed E-state index contributed by atoms with van der Waals surface area (Å²) in [7, 11) is 0. The Morgan fingerprint density at radius 1 is 1.43 bits per heavy atom. The van der Waals surface area contributed by atoms with Crippen molar-refractivity contribution in [1.82, 2.24) is 19.8 Å². The van der Waals surface area contributed by atoms with Crippen molar-refractivity contribution in [2.45, 2.75) is 25.8 Å². The van der Waals surface area contributed by atoms with Gasteiger partial charge in [0.15, 0.2) is 0 Å². The van der Waals surface area contributed by atoms with Crippen molar-refractivity contribution in [2.24, 2.45) is 11.7 Å². The predicted octanol–water partition coefficient (Wildman–Crippen LogP) is -0.413. The number of aromatic nitrogens is 2. The average Bonchev–Trinajstić information content (AvgIpc) is 3.03. The minimum absolute atomic E-state index is 0.00700. The van der Waals surface area contributed by atoms with Gasteiger partial charge >= 0.3 is 0 Å². The van der Waals surface area contributed by atoms with Crippen LogP contribution >= 0.6 is 0 Å². The van der Waals surface area contributed by atoms with E-state index in [0.29, 0.717) is 32.6 Å². The number of nitrogens with one attached hydrogen (secondary N) is 1. The molecule has 1 aromatic rings. The van der Waals surface area contributed by atoms with E-state index >= 15 is 0 Å². The molecule has 7 nitrogen and oxygen atoms in total. The Bertz CT molecular complexity index is 460. The molecule has 2 amide bonds. The molecule has 21 heavy (non-hydrogen) atoms. The molecule has 1 unspecified atom stereocenters. The molecular weight excluding hydrogens is 270 g/mol. The summed E-state index contributed by atoms with van der Waals surface area (Å²) in [6, 6.07) is 0. The molecule has 3 N–H and O–H groups in total. The number of nitrogens with two attached hydrogens (primary N) is 1. The first-order chi connectivity index (χ1) is 10.2. The van der Waals surface area contributed by atoms with Crippen LogP contribution in [0, 0.1) is 5.92 Å². The normalized spacial score (nSPS) is 18.5. The molecule has 0 radical (unpaired) electrons. The van der Waals surface area contributed by atoms with Crippen LogP contribution in [-0.2, 0) is 16.1 Å². The van der Waals surface area contributed by atoms with Crippen molar-refractivity contribution in [1.29, 1.82) is 0 Å². The second-order valence-corrected chi connectivity index (χ2v) is 5.31. The van der Waals surface area contributed by atoms with Gasteiger partial charge in [-0.1, -0.05) is 0 Å². The Hall–Kier alpha value is -1.89. The van der Waals surface area contributed by atoms with E-state index in [1.54, 1.807) is 17.4 Å². The van der Waals surface area contributed by atoms with Gasteiger partial charge in [-0.25, -0.2) is 4.98 Å². The third-order valence-electron chi connectivity index (χ3n) is 3.73. The van der Waals surface area contributed by atoms with E-state index in [-0.39, 0.29) is 17.7 Å². The number of piperidine rings is 1. The van der Waals surface area contributed by atoms with Gasteiger partial charge in [0.1, 0.15) is 0 Å². The average molecular weight is 293 g/mol. The Labute approximate surface area is 124 Å². The number of hydrogen-bond donors (Lipinski definition) is 2. The monoisotopic (exact) mass is 293 g/mol. The molecule has 2 heterocycles. The quantitative estimate of drug-likeness (QED) is 0.745. The molecule has 2 rings (SSSR count). The summed E-state index contributed by atoms with van der Waals surface area (Å²) in [5.74, 6) is -0.00456. The van der Waals surface area contributed by atoms with Crippen LogP contribution in [-0.4, -0.2) is 52.4 Å². The number of nitrogens with zero attached hydrogens (tertiary/aromatic N) is 3. The van der Waals surface area contributed by atoms with Crippen molar-refractivity contribution < 1.29 is 9.59 Å². The van der Waals surface area contributed by atoms with E-state index in [0.717, 1.165) is 19.4 Å². The van der Waals surface area contributed by atoms with Crippen LogP contribution in [0.15, 0.2) is 18.7 Å². The van der Waals surface area contributed by atoms with Crippen LogP contribution in [0.4, 0.5) is 0 Å². The molecule has 1 aliphatic heterocycles. The maximum absolute atomic E-state index is 12.2. The topological polar surface area (TPSA) is 93.3 Å². The van der Waals surface area contributed by atoms with Crippen LogP contribution in [0.5, 0.6) is 0 Å². The molecule has 0 spiro atoms. The highest BCUT2D eigenvalue weighted by atomic mass is 16.2. The van der Waals surface area contributed by atoms with Crippen molar-refractivity contribution in [3.63, 3.8) is 0 Å². The summed E-state index contributed by atoms with van der Waals surface area (Å²) in [6.45, 7) is 2.80. The lowest BCUT2D eigenvalue weighted by Gasteiger charge is -2.32. The van der Waals surface area contributed by atoms with Crippen LogP contribution in [0.25, 0.3) is 0 Å². The summed E-state index contributed by atoms with van der Waals surface area (Å²) in [4.78, 5) is 29.9. The van der Waals surface area contributed by atoms with Crippen molar-refractivity contribution in [2.75, 3.05) is 26.2 Å². The lowest BCUT2D eigenvalue weighted by atomic mass is 9.97. The molecule has 0 aliphatic carbocycles. The maximum atomic E-state index is 12.2. The summed E-state index contributed by atoms with van der Waals surface area (Å²) in [5, 5.41) is 2.80. The van der Waals surface area contributed by atoms with Gasteiger partial charge in [0.05, 0.1) is 12.2 Å². The van der Waals surface area contributed by atoms with E-state index in [9.17, 15) is 9.59 Å². The van der Waals surface area contributed by atoms with Gasteiger partial charge in [0.25, 0.3) is 0 Å². The molecule has 1 aromatic heterocycles. The van der Waals surface area contributed by atoms with Gasteiger partial charge < -0.3 is 20.5 Å². The molecule has 0 bridgehead atoms. The summed E-state index contributed by atoms with van der Waals surface area (Å²) < 4.78 is 1.88.